The van der Waals surface area contributed by atoms with Crippen molar-refractivity contribution in [1.82, 2.24) is 5.32 Å². The molecule has 0 bridgehead atoms. The zero-order valence-corrected chi connectivity index (χ0v) is 11.0. The lowest BCUT2D eigenvalue weighted by molar-refractivity contribution is 0.252. The van der Waals surface area contributed by atoms with E-state index in [1.807, 2.05) is 6.92 Å². The van der Waals surface area contributed by atoms with E-state index in [1.54, 1.807) is 18.2 Å². The molecule has 0 fully saturated rings. The molecule has 2 amide bonds. The van der Waals surface area contributed by atoms with Gasteiger partial charge in [0, 0.05) is 12.1 Å². The number of rotatable bonds is 4. The molecule has 0 saturated heterocycles. The van der Waals surface area contributed by atoms with E-state index < -0.39 is 0 Å². The topological polar surface area (TPSA) is 67.2 Å². The van der Waals surface area contributed by atoms with E-state index in [4.69, 9.17) is 29.6 Å². The third-order valence-corrected chi connectivity index (χ3v) is 2.59. The minimum absolute atomic E-state index is 0.272. The lowest BCUT2D eigenvalue weighted by atomic mass is 10.2. The van der Waals surface area contributed by atoms with E-state index in [1.165, 1.54) is 0 Å². The van der Waals surface area contributed by atoms with Crippen molar-refractivity contribution in [2.24, 2.45) is 5.73 Å². The molecule has 0 saturated carbocycles. The smallest absolute Gasteiger partial charge is 0.319 e. The number of hydrogen-bond acceptors (Lipinski definition) is 2. The second-order valence-corrected chi connectivity index (χ2v) is 4.29. The highest BCUT2D eigenvalue weighted by atomic mass is 35.5. The normalized spacial score (nSPS) is 9.76. The molecule has 1 rings (SSSR count). The van der Waals surface area contributed by atoms with Crippen molar-refractivity contribution in [2.75, 3.05) is 11.9 Å². The monoisotopic (exact) mass is 271 g/mol. The van der Waals surface area contributed by atoms with Gasteiger partial charge in [-0.05, 0) is 24.6 Å². The van der Waals surface area contributed by atoms with Gasteiger partial charge in [0.1, 0.15) is 4.99 Å². The van der Waals surface area contributed by atoms with Crippen LogP contribution in [0.4, 0.5) is 10.5 Å². The first-order chi connectivity index (χ1) is 8.04. The van der Waals surface area contributed by atoms with Gasteiger partial charge in [-0.3, -0.25) is 0 Å². The van der Waals surface area contributed by atoms with Crippen LogP contribution in [-0.2, 0) is 0 Å². The Morgan fingerprint density at radius 1 is 1.53 bits per heavy atom. The first kappa shape index (κ1) is 13.7. The van der Waals surface area contributed by atoms with Gasteiger partial charge in [-0.25, -0.2) is 4.79 Å². The van der Waals surface area contributed by atoms with Gasteiger partial charge in [0.05, 0.1) is 10.7 Å². The summed E-state index contributed by atoms with van der Waals surface area (Å²) in [6.45, 7) is 2.60. The summed E-state index contributed by atoms with van der Waals surface area (Å²) >= 11 is 10.8. The maximum atomic E-state index is 11.4. The fourth-order valence-corrected chi connectivity index (χ4v) is 1.53. The molecule has 0 atom stereocenters. The SMILES string of the molecule is CCCNC(=O)Nc1ccc(C(N)=S)cc1Cl. The van der Waals surface area contributed by atoms with Crippen LogP contribution in [-0.4, -0.2) is 17.6 Å². The molecule has 0 aromatic heterocycles. The first-order valence-electron chi connectivity index (χ1n) is 5.18. The molecular weight excluding hydrogens is 258 g/mol. The second-order valence-electron chi connectivity index (χ2n) is 3.44. The Kier molecular flexibility index (Phi) is 5.18. The van der Waals surface area contributed by atoms with Crippen molar-refractivity contribution >= 4 is 40.5 Å². The molecule has 0 aliphatic heterocycles. The molecule has 4 N–H and O–H groups in total. The zero-order chi connectivity index (χ0) is 12.8. The Bertz CT molecular complexity index is 437. The van der Waals surface area contributed by atoms with Crippen LogP contribution in [0.15, 0.2) is 18.2 Å². The molecule has 6 heteroatoms. The van der Waals surface area contributed by atoms with E-state index in [0.717, 1.165) is 6.42 Å². The van der Waals surface area contributed by atoms with Crippen LogP contribution in [0.5, 0.6) is 0 Å². The molecule has 1 aromatic carbocycles. The summed E-state index contributed by atoms with van der Waals surface area (Å²) in [5, 5.41) is 5.74. The van der Waals surface area contributed by atoms with E-state index in [2.05, 4.69) is 10.6 Å². The largest absolute Gasteiger partial charge is 0.389 e. The number of urea groups is 1. The summed E-state index contributed by atoms with van der Waals surface area (Å²) in [6, 6.07) is 4.72. The molecular formula is C11H14ClN3OS. The van der Waals surface area contributed by atoms with Crippen molar-refractivity contribution < 1.29 is 4.79 Å². The number of carbonyl (C=O) groups is 1. The highest BCUT2D eigenvalue weighted by Crippen LogP contribution is 2.22. The van der Waals surface area contributed by atoms with Crippen molar-refractivity contribution in [1.29, 1.82) is 0 Å². The highest BCUT2D eigenvalue weighted by Gasteiger charge is 2.06. The molecule has 0 heterocycles. The number of amides is 2. The number of hydrogen-bond donors (Lipinski definition) is 3. The molecule has 0 spiro atoms. The van der Waals surface area contributed by atoms with Crippen LogP contribution in [0.1, 0.15) is 18.9 Å². The maximum Gasteiger partial charge on any atom is 0.319 e. The quantitative estimate of drug-likeness (QED) is 0.737. The van der Waals surface area contributed by atoms with E-state index in [9.17, 15) is 4.79 Å². The average Bonchev–Trinajstić information content (AvgIpc) is 2.28. The van der Waals surface area contributed by atoms with E-state index in [-0.39, 0.29) is 11.0 Å². The standard InChI is InChI=1S/C11H14ClN3OS/c1-2-5-14-11(16)15-9-4-3-7(10(13)17)6-8(9)12/h3-4,6H,2,5H2,1H3,(H2,13,17)(H2,14,15,16). The predicted molar refractivity (Wildman–Crippen MR) is 74.7 cm³/mol. The molecule has 0 aliphatic carbocycles. The molecule has 4 nitrogen and oxygen atoms in total. The van der Waals surface area contributed by atoms with Crippen LogP contribution in [0.2, 0.25) is 5.02 Å². The number of halogens is 1. The van der Waals surface area contributed by atoms with Crippen LogP contribution < -0.4 is 16.4 Å². The molecule has 1 aromatic rings. The number of benzene rings is 1. The van der Waals surface area contributed by atoms with Gasteiger partial charge in [-0.1, -0.05) is 30.7 Å². The van der Waals surface area contributed by atoms with Gasteiger partial charge in [0.25, 0.3) is 0 Å². The van der Waals surface area contributed by atoms with Crippen molar-refractivity contribution in [3.63, 3.8) is 0 Å². The molecule has 0 radical (unpaired) electrons. The summed E-state index contributed by atoms with van der Waals surface area (Å²) in [4.78, 5) is 11.7. The minimum Gasteiger partial charge on any atom is -0.389 e. The van der Waals surface area contributed by atoms with E-state index in [0.29, 0.717) is 22.8 Å². The molecule has 0 unspecified atom stereocenters. The number of thiocarbonyl (C=S) groups is 1. The van der Waals surface area contributed by atoms with Gasteiger partial charge < -0.3 is 16.4 Å². The summed E-state index contributed by atoms with van der Waals surface area (Å²) in [5.74, 6) is 0. The fourth-order valence-electron chi connectivity index (χ4n) is 1.17. The second kappa shape index (κ2) is 6.42. The van der Waals surface area contributed by atoms with Crippen molar-refractivity contribution in [3.8, 4) is 0 Å². The summed E-state index contributed by atoms with van der Waals surface area (Å²) in [6.07, 6.45) is 0.877. The van der Waals surface area contributed by atoms with Crippen LogP contribution >= 0.6 is 23.8 Å². The number of nitrogens with one attached hydrogen (secondary N) is 2. The maximum absolute atomic E-state index is 11.4. The van der Waals surface area contributed by atoms with Gasteiger partial charge in [0.15, 0.2) is 0 Å². The summed E-state index contributed by atoms with van der Waals surface area (Å²) < 4.78 is 0. The Hall–Kier alpha value is -1.33. The highest BCUT2D eigenvalue weighted by molar-refractivity contribution is 7.80. The molecule has 0 aliphatic rings. The van der Waals surface area contributed by atoms with Crippen molar-refractivity contribution in [2.45, 2.75) is 13.3 Å². The summed E-state index contributed by atoms with van der Waals surface area (Å²) in [5.41, 5.74) is 6.67. The summed E-state index contributed by atoms with van der Waals surface area (Å²) in [7, 11) is 0. The molecule has 92 valence electrons. The Morgan fingerprint density at radius 2 is 2.24 bits per heavy atom. The lowest BCUT2D eigenvalue weighted by Crippen LogP contribution is -2.29. The van der Waals surface area contributed by atoms with Crippen LogP contribution in [0.25, 0.3) is 0 Å². The van der Waals surface area contributed by atoms with Crippen LogP contribution in [0, 0.1) is 0 Å². The Morgan fingerprint density at radius 3 is 2.76 bits per heavy atom. The van der Waals surface area contributed by atoms with Gasteiger partial charge in [-0.2, -0.15) is 0 Å². The number of anilines is 1. The first-order valence-corrected chi connectivity index (χ1v) is 5.97. The Balaban J connectivity index is 2.72. The van der Waals surface area contributed by atoms with E-state index >= 15 is 0 Å². The third kappa shape index (κ3) is 4.20. The minimum atomic E-state index is -0.281. The zero-order valence-electron chi connectivity index (χ0n) is 9.42. The van der Waals surface area contributed by atoms with Gasteiger partial charge in [-0.15, -0.1) is 0 Å². The van der Waals surface area contributed by atoms with Crippen molar-refractivity contribution in [3.05, 3.63) is 28.8 Å². The predicted octanol–water partition coefficient (Wildman–Crippen LogP) is 2.51. The molecule has 17 heavy (non-hydrogen) atoms. The van der Waals surface area contributed by atoms with Crippen LogP contribution in [0.3, 0.4) is 0 Å². The number of nitrogens with two attached hydrogens (primary N) is 1. The number of carbonyl (C=O) groups excluding carboxylic acids is 1. The average molecular weight is 272 g/mol. The third-order valence-electron chi connectivity index (χ3n) is 2.04. The Labute approximate surface area is 111 Å². The lowest BCUT2D eigenvalue weighted by Gasteiger charge is -2.09. The fraction of sp³-hybridized carbons (Fsp3) is 0.273. The van der Waals surface area contributed by atoms with Gasteiger partial charge >= 0.3 is 6.03 Å². The van der Waals surface area contributed by atoms with Gasteiger partial charge in [0.2, 0.25) is 0 Å².